The van der Waals surface area contributed by atoms with Crippen LogP contribution in [0.2, 0.25) is 0 Å². The van der Waals surface area contributed by atoms with Gasteiger partial charge in [-0.15, -0.1) is 12.4 Å². The van der Waals surface area contributed by atoms with E-state index < -0.39 is 0 Å². The van der Waals surface area contributed by atoms with Gasteiger partial charge in [0.05, 0.1) is 13.1 Å². The van der Waals surface area contributed by atoms with Gasteiger partial charge in [-0.05, 0) is 44.0 Å². The van der Waals surface area contributed by atoms with Gasteiger partial charge in [-0.1, -0.05) is 44.2 Å². The van der Waals surface area contributed by atoms with E-state index in [2.05, 4.69) is 54.0 Å². The summed E-state index contributed by atoms with van der Waals surface area (Å²) in [5, 5.41) is 0. The topological polar surface area (TPSA) is 36.7 Å². The van der Waals surface area contributed by atoms with Gasteiger partial charge in [-0.25, -0.2) is 0 Å². The Bertz CT molecular complexity index is 741. The number of halogens is 1. The summed E-state index contributed by atoms with van der Waals surface area (Å²) in [5.41, 5.74) is 2.63. The quantitative estimate of drug-likeness (QED) is 0.487. The highest BCUT2D eigenvalue weighted by molar-refractivity contribution is 5.85. The molecular weight excluding hydrogens is 384 g/mol. The van der Waals surface area contributed by atoms with E-state index in [1.54, 1.807) is 0 Å². The smallest absolute Gasteiger partial charge is 0.146 e. The lowest BCUT2D eigenvalue weighted by atomic mass is 10.0. The van der Waals surface area contributed by atoms with E-state index in [4.69, 9.17) is 4.42 Å². The Morgan fingerprint density at radius 1 is 1.14 bits per heavy atom. The van der Waals surface area contributed by atoms with Gasteiger partial charge in [0.15, 0.2) is 0 Å². The Labute approximate surface area is 181 Å². The summed E-state index contributed by atoms with van der Waals surface area (Å²) >= 11 is 0. The fraction of sp³-hybridized carbons (Fsp3) is 0.542. The Kier molecular flexibility index (Phi) is 9.92. The van der Waals surface area contributed by atoms with E-state index in [0.29, 0.717) is 18.7 Å². The zero-order chi connectivity index (χ0) is 19.8. The lowest BCUT2D eigenvalue weighted by Crippen LogP contribution is -2.34. The van der Waals surface area contributed by atoms with Crippen molar-refractivity contribution in [3.8, 4) is 0 Å². The molecule has 0 atom stereocenters. The third kappa shape index (κ3) is 7.29. The number of ketones is 1. The summed E-state index contributed by atoms with van der Waals surface area (Å²) < 4.78 is 6.06. The molecule has 0 aliphatic carbocycles. The van der Waals surface area contributed by atoms with Gasteiger partial charge in [0.2, 0.25) is 0 Å². The fourth-order valence-corrected chi connectivity index (χ4v) is 3.96. The minimum atomic E-state index is 0. The van der Waals surface area contributed by atoms with Crippen molar-refractivity contribution >= 4 is 18.2 Å². The number of hydrogen-bond acceptors (Lipinski definition) is 4. The summed E-state index contributed by atoms with van der Waals surface area (Å²) in [6.07, 6.45) is 4.72. The number of nitrogens with zero attached hydrogens (tertiary/aromatic N) is 2. The number of Topliss-reactive ketones (excluding diaryl/α,β-unsaturated/α-hetero) is 1. The number of carbonyl (C=O) groups excluding carboxylic acids is 1. The normalized spacial score (nSPS) is 13.9. The highest BCUT2D eigenvalue weighted by atomic mass is 35.5. The molecule has 5 heteroatoms. The maximum absolute atomic E-state index is 12.4. The predicted molar refractivity (Wildman–Crippen MR) is 121 cm³/mol. The molecule has 0 spiro atoms. The molecule has 0 radical (unpaired) electrons. The number of rotatable bonds is 11. The second kappa shape index (κ2) is 12.2. The first-order valence-corrected chi connectivity index (χ1v) is 10.8. The van der Waals surface area contributed by atoms with Crippen molar-refractivity contribution in [1.29, 1.82) is 0 Å². The molecule has 2 heterocycles. The molecular formula is C24H35ClN2O2. The lowest BCUT2D eigenvalue weighted by molar-refractivity contribution is -0.120. The molecule has 160 valence electrons. The van der Waals surface area contributed by atoms with Gasteiger partial charge in [-0.3, -0.25) is 14.6 Å². The minimum Gasteiger partial charge on any atom is -0.464 e. The van der Waals surface area contributed by atoms with Crippen molar-refractivity contribution in [2.75, 3.05) is 26.2 Å². The van der Waals surface area contributed by atoms with Crippen molar-refractivity contribution in [1.82, 2.24) is 9.80 Å². The number of fused-ring (bicyclic) bond motifs is 1. The lowest BCUT2D eigenvalue weighted by Gasteiger charge is -2.25. The second-order valence-corrected chi connectivity index (χ2v) is 7.81. The van der Waals surface area contributed by atoms with Gasteiger partial charge in [-0.2, -0.15) is 0 Å². The average molecular weight is 419 g/mol. The zero-order valence-corrected chi connectivity index (χ0v) is 18.7. The summed E-state index contributed by atoms with van der Waals surface area (Å²) in [6, 6.07) is 12.7. The maximum atomic E-state index is 12.4. The van der Waals surface area contributed by atoms with E-state index in [1.807, 2.05) is 6.07 Å². The Hall–Kier alpha value is -1.62. The molecule has 0 fully saturated rings. The van der Waals surface area contributed by atoms with Gasteiger partial charge in [0, 0.05) is 31.5 Å². The number of carbonyl (C=O) groups is 1. The second-order valence-electron chi connectivity index (χ2n) is 7.81. The molecule has 3 rings (SSSR count). The van der Waals surface area contributed by atoms with Crippen LogP contribution in [0.15, 0.2) is 40.8 Å². The van der Waals surface area contributed by atoms with Crippen molar-refractivity contribution in [3.05, 3.63) is 59.0 Å². The van der Waals surface area contributed by atoms with E-state index in [-0.39, 0.29) is 12.4 Å². The summed E-state index contributed by atoms with van der Waals surface area (Å²) in [5.74, 6) is 2.54. The maximum Gasteiger partial charge on any atom is 0.146 e. The molecule has 4 nitrogen and oxygen atoms in total. The monoisotopic (exact) mass is 418 g/mol. The van der Waals surface area contributed by atoms with Crippen molar-refractivity contribution < 1.29 is 9.21 Å². The molecule has 0 N–H and O–H groups in total. The van der Waals surface area contributed by atoms with Crippen molar-refractivity contribution in [3.63, 3.8) is 0 Å². The van der Waals surface area contributed by atoms with Gasteiger partial charge in [0.25, 0.3) is 0 Å². The first-order chi connectivity index (χ1) is 13.7. The standard InChI is InChI=1S/C24H34N2O2.ClH/c1-3-25(4-2)19-23-16-21-17-26(15-14-24(21)28-23)18-22(27)13-9-8-12-20-10-6-5-7-11-20;/h5-7,10-11,16H,3-4,8-9,12-15,17-19H2,1-2H3;1H. The third-order valence-corrected chi connectivity index (χ3v) is 5.68. The van der Waals surface area contributed by atoms with Gasteiger partial charge < -0.3 is 4.42 Å². The minimum absolute atomic E-state index is 0. The van der Waals surface area contributed by atoms with Crippen LogP contribution < -0.4 is 0 Å². The number of benzene rings is 1. The molecule has 1 aromatic heterocycles. The van der Waals surface area contributed by atoms with E-state index in [1.165, 1.54) is 11.1 Å². The Morgan fingerprint density at radius 2 is 1.90 bits per heavy atom. The van der Waals surface area contributed by atoms with Crippen LogP contribution in [0.5, 0.6) is 0 Å². The highest BCUT2D eigenvalue weighted by Crippen LogP contribution is 2.24. The highest BCUT2D eigenvalue weighted by Gasteiger charge is 2.22. The van der Waals surface area contributed by atoms with Crippen LogP contribution in [0, 0.1) is 0 Å². The molecule has 1 aliphatic heterocycles. The molecule has 0 saturated carbocycles. The van der Waals surface area contributed by atoms with Crippen LogP contribution in [0.25, 0.3) is 0 Å². The fourth-order valence-electron chi connectivity index (χ4n) is 3.96. The predicted octanol–water partition coefficient (Wildman–Crippen LogP) is 4.88. The van der Waals surface area contributed by atoms with Crippen LogP contribution in [-0.2, 0) is 30.7 Å². The molecule has 0 bridgehead atoms. The molecule has 29 heavy (non-hydrogen) atoms. The first kappa shape index (κ1) is 23.7. The van der Waals surface area contributed by atoms with Crippen LogP contribution >= 0.6 is 12.4 Å². The average Bonchev–Trinajstić information content (AvgIpc) is 3.12. The van der Waals surface area contributed by atoms with Crippen molar-refractivity contribution in [2.45, 2.75) is 59.0 Å². The summed E-state index contributed by atoms with van der Waals surface area (Å²) in [7, 11) is 0. The Balaban J connectivity index is 0.00000300. The summed E-state index contributed by atoms with van der Waals surface area (Å²) in [4.78, 5) is 17.0. The molecule has 0 amide bonds. The zero-order valence-electron chi connectivity index (χ0n) is 17.9. The number of furan rings is 1. The van der Waals surface area contributed by atoms with Gasteiger partial charge in [0.1, 0.15) is 17.3 Å². The van der Waals surface area contributed by atoms with Crippen LogP contribution in [0.3, 0.4) is 0 Å². The van der Waals surface area contributed by atoms with E-state index in [9.17, 15) is 4.79 Å². The molecule has 0 unspecified atom stereocenters. The van der Waals surface area contributed by atoms with Crippen molar-refractivity contribution in [2.24, 2.45) is 0 Å². The number of aryl methyl sites for hydroxylation is 1. The van der Waals surface area contributed by atoms with Gasteiger partial charge >= 0.3 is 0 Å². The Morgan fingerprint density at radius 3 is 2.62 bits per heavy atom. The summed E-state index contributed by atoms with van der Waals surface area (Å²) in [6.45, 7) is 9.63. The number of hydrogen-bond donors (Lipinski definition) is 0. The van der Waals surface area contributed by atoms with E-state index in [0.717, 1.165) is 69.9 Å². The molecule has 1 aliphatic rings. The molecule has 1 aromatic carbocycles. The largest absolute Gasteiger partial charge is 0.464 e. The third-order valence-electron chi connectivity index (χ3n) is 5.68. The number of unbranched alkanes of at least 4 members (excludes halogenated alkanes) is 1. The van der Waals surface area contributed by atoms with Crippen LogP contribution in [0.4, 0.5) is 0 Å². The first-order valence-electron chi connectivity index (χ1n) is 10.8. The van der Waals surface area contributed by atoms with Crippen LogP contribution in [0.1, 0.15) is 55.8 Å². The SMILES string of the molecule is CCN(CC)Cc1cc2c(o1)CCN(CC(=O)CCCCc1ccccc1)C2.Cl. The molecule has 0 saturated heterocycles. The molecule has 2 aromatic rings. The van der Waals surface area contributed by atoms with Crippen LogP contribution in [-0.4, -0.2) is 41.8 Å². The van der Waals surface area contributed by atoms with E-state index >= 15 is 0 Å².